The number of nitro benzene ring substituents is 1. The first-order valence-corrected chi connectivity index (χ1v) is 4.05. The molecular weight excluding hydrogens is 224 g/mol. The monoisotopic (exact) mass is 228 g/mol. The van der Waals surface area contributed by atoms with E-state index in [1.165, 1.54) is 13.2 Å². The maximum atomic E-state index is 10.6. The molecule has 0 N–H and O–H groups in total. The lowest BCUT2D eigenvalue weighted by Crippen LogP contribution is -1.91. The van der Waals surface area contributed by atoms with Crippen molar-refractivity contribution in [3.63, 3.8) is 0 Å². The molecule has 1 aromatic carbocycles. The highest BCUT2D eigenvalue weighted by atomic mass is 35.5. The van der Waals surface area contributed by atoms with Gasteiger partial charge in [0.2, 0.25) is 0 Å². The second-order valence-electron chi connectivity index (χ2n) is 2.42. The zero-order chi connectivity index (χ0) is 11.4. The molecular formula is C7H5ClN4O3. The molecule has 0 saturated carbocycles. The standard InChI is InChI=1S/C7H5ClN4O3/c1-15-7-3-6(12(13)14)5(10-11-9)2-4(7)8/h2-3H,1H3. The van der Waals surface area contributed by atoms with E-state index in [4.69, 9.17) is 21.9 Å². The number of nitro groups is 1. The van der Waals surface area contributed by atoms with E-state index >= 15 is 0 Å². The molecule has 78 valence electrons. The van der Waals surface area contributed by atoms with Crippen LogP contribution in [0.15, 0.2) is 17.2 Å². The smallest absolute Gasteiger partial charge is 0.282 e. The first kappa shape index (κ1) is 11.1. The van der Waals surface area contributed by atoms with E-state index in [-0.39, 0.29) is 22.1 Å². The van der Waals surface area contributed by atoms with Gasteiger partial charge in [0.15, 0.2) is 0 Å². The Morgan fingerprint density at radius 3 is 2.80 bits per heavy atom. The van der Waals surface area contributed by atoms with Crippen molar-refractivity contribution in [3.05, 3.63) is 37.7 Å². The molecule has 7 nitrogen and oxygen atoms in total. The molecule has 0 spiro atoms. The minimum absolute atomic E-state index is 0.144. The van der Waals surface area contributed by atoms with Gasteiger partial charge < -0.3 is 4.74 Å². The van der Waals surface area contributed by atoms with Crippen LogP contribution in [0.1, 0.15) is 0 Å². The van der Waals surface area contributed by atoms with Gasteiger partial charge in [-0.1, -0.05) is 16.7 Å². The molecule has 0 aliphatic rings. The Hall–Kier alpha value is -1.98. The van der Waals surface area contributed by atoms with Gasteiger partial charge in [-0.05, 0) is 11.6 Å². The average molecular weight is 229 g/mol. The van der Waals surface area contributed by atoms with Crippen LogP contribution in [0.5, 0.6) is 5.75 Å². The van der Waals surface area contributed by atoms with Crippen LogP contribution >= 0.6 is 11.6 Å². The molecule has 15 heavy (non-hydrogen) atoms. The van der Waals surface area contributed by atoms with E-state index in [0.29, 0.717) is 0 Å². The van der Waals surface area contributed by atoms with Gasteiger partial charge in [0, 0.05) is 4.91 Å². The first-order valence-electron chi connectivity index (χ1n) is 3.67. The normalized spacial score (nSPS) is 9.20. The summed E-state index contributed by atoms with van der Waals surface area (Å²) in [5.41, 5.74) is 7.71. The van der Waals surface area contributed by atoms with Crippen LogP contribution in [0.3, 0.4) is 0 Å². The summed E-state index contributed by atoms with van der Waals surface area (Å²) in [6.45, 7) is 0. The Balaban J connectivity index is 3.44. The third kappa shape index (κ3) is 2.28. The molecule has 1 aromatic rings. The number of halogens is 1. The molecule has 0 unspecified atom stereocenters. The molecule has 0 radical (unpaired) electrons. The minimum Gasteiger partial charge on any atom is -0.495 e. The van der Waals surface area contributed by atoms with E-state index in [1.807, 2.05) is 0 Å². The Morgan fingerprint density at radius 2 is 2.33 bits per heavy atom. The lowest BCUT2D eigenvalue weighted by Gasteiger charge is -2.03. The zero-order valence-electron chi connectivity index (χ0n) is 7.55. The molecule has 0 saturated heterocycles. The van der Waals surface area contributed by atoms with Crippen LogP contribution in [0, 0.1) is 10.1 Å². The van der Waals surface area contributed by atoms with Crippen molar-refractivity contribution >= 4 is 23.0 Å². The fourth-order valence-corrected chi connectivity index (χ4v) is 1.20. The van der Waals surface area contributed by atoms with Gasteiger partial charge in [0.25, 0.3) is 5.69 Å². The number of methoxy groups -OCH3 is 1. The van der Waals surface area contributed by atoms with Gasteiger partial charge in [0.1, 0.15) is 11.4 Å². The summed E-state index contributed by atoms with van der Waals surface area (Å²) in [5.74, 6) is 0.153. The van der Waals surface area contributed by atoms with Crippen LogP contribution in [0.4, 0.5) is 11.4 Å². The summed E-state index contributed by atoms with van der Waals surface area (Å²) in [5, 5.41) is 13.9. The molecule has 0 heterocycles. The SMILES string of the molecule is COc1cc([N+](=O)[O-])c(N=[N+]=[N-])cc1Cl. The lowest BCUT2D eigenvalue weighted by molar-refractivity contribution is -0.384. The Labute approximate surface area is 89.0 Å². The lowest BCUT2D eigenvalue weighted by atomic mass is 10.2. The Kier molecular flexibility index (Phi) is 3.33. The summed E-state index contributed by atoms with van der Waals surface area (Å²) in [4.78, 5) is 12.4. The van der Waals surface area contributed by atoms with Crippen molar-refractivity contribution < 1.29 is 9.66 Å². The number of ether oxygens (including phenoxy) is 1. The van der Waals surface area contributed by atoms with Crippen molar-refractivity contribution in [1.82, 2.24) is 0 Å². The number of azide groups is 1. The maximum Gasteiger partial charge on any atom is 0.282 e. The molecule has 0 atom stereocenters. The second-order valence-corrected chi connectivity index (χ2v) is 2.83. The number of rotatable bonds is 3. The van der Waals surface area contributed by atoms with Gasteiger partial charge in [-0.25, -0.2) is 0 Å². The third-order valence-electron chi connectivity index (χ3n) is 1.60. The third-order valence-corrected chi connectivity index (χ3v) is 1.89. The minimum atomic E-state index is -0.678. The van der Waals surface area contributed by atoms with Crippen LogP contribution in [-0.4, -0.2) is 12.0 Å². The van der Waals surface area contributed by atoms with Crippen molar-refractivity contribution in [3.8, 4) is 5.75 Å². The van der Waals surface area contributed by atoms with Crippen molar-refractivity contribution in [2.75, 3.05) is 7.11 Å². The van der Waals surface area contributed by atoms with E-state index in [0.717, 1.165) is 6.07 Å². The van der Waals surface area contributed by atoms with Crippen molar-refractivity contribution in [2.45, 2.75) is 0 Å². The average Bonchev–Trinajstić information content (AvgIpc) is 2.18. The molecule has 0 aliphatic carbocycles. The molecule has 0 bridgehead atoms. The van der Waals surface area contributed by atoms with E-state index in [9.17, 15) is 10.1 Å². The quantitative estimate of drug-likeness (QED) is 0.261. The number of hydrogen-bond acceptors (Lipinski definition) is 4. The fourth-order valence-electron chi connectivity index (χ4n) is 0.963. The first-order chi connectivity index (χ1) is 7.10. The van der Waals surface area contributed by atoms with Crippen LogP contribution in [0.2, 0.25) is 5.02 Å². The topological polar surface area (TPSA) is 101 Å². The number of hydrogen-bond donors (Lipinski definition) is 0. The van der Waals surface area contributed by atoms with Crippen LogP contribution in [-0.2, 0) is 0 Å². The van der Waals surface area contributed by atoms with Gasteiger partial charge in [-0.2, -0.15) is 0 Å². The van der Waals surface area contributed by atoms with Crippen LogP contribution < -0.4 is 4.74 Å². The largest absolute Gasteiger partial charge is 0.495 e. The summed E-state index contributed by atoms with van der Waals surface area (Å²) in [6, 6.07) is 2.28. The Morgan fingerprint density at radius 1 is 1.67 bits per heavy atom. The van der Waals surface area contributed by atoms with Crippen molar-refractivity contribution in [1.29, 1.82) is 0 Å². The fraction of sp³-hybridized carbons (Fsp3) is 0.143. The Bertz CT molecular complexity index is 456. The van der Waals surface area contributed by atoms with E-state index in [1.54, 1.807) is 0 Å². The highest BCUT2D eigenvalue weighted by Crippen LogP contribution is 2.37. The molecule has 0 amide bonds. The van der Waals surface area contributed by atoms with Crippen LogP contribution in [0.25, 0.3) is 10.4 Å². The van der Waals surface area contributed by atoms with Gasteiger partial charge in [-0.3, -0.25) is 10.1 Å². The predicted molar refractivity (Wildman–Crippen MR) is 53.5 cm³/mol. The zero-order valence-corrected chi connectivity index (χ0v) is 8.30. The van der Waals surface area contributed by atoms with E-state index in [2.05, 4.69) is 10.0 Å². The van der Waals surface area contributed by atoms with Crippen molar-refractivity contribution in [2.24, 2.45) is 5.11 Å². The van der Waals surface area contributed by atoms with Gasteiger partial charge in [0.05, 0.1) is 23.1 Å². The molecule has 0 fully saturated rings. The molecule has 0 aromatic heterocycles. The second kappa shape index (κ2) is 4.50. The van der Waals surface area contributed by atoms with Gasteiger partial charge in [-0.15, -0.1) is 0 Å². The highest BCUT2D eigenvalue weighted by Gasteiger charge is 2.16. The van der Waals surface area contributed by atoms with E-state index < -0.39 is 4.92 Å². The highest BCUT2D eigenvalue weighted by molar-refractivity contribution is 6.32. The number of benzene rings is 1. The molecule has 0 aliphatic heterocycles. The predicted octanol–water partition coefficient (Wildman–Crippen LogP) is 3.20. The number of nitrogens with zero attached hydrogens (tertiary/aromatic N) is 4. The summed E-state index contributed by atoms with van der Waals surface area (Å²) < 4.78 is 4.80. The summed E-state index contributed by atoms with van der Waals surface area (Å²) in [7, 11) is 1.33. The van der Waals surface area contributed by atoms with Gasteiger partial charge >= 0.3 is 0 Å². The molecule has 8 heteroatoms. The summed E-state index contributed by atoms with van der Waals surface area (Å²) >= 11 is 5.71. The molecule has 1 rings (SSSR count). The maximum absolute atomic E-state index is 10.6. The summed E-state index contributed by atoms with van der Waals surface area (Å²) in [6.07, 6.45) is 0.